The average Bonchev–Trinajstić information content (AvgIpc) is 2.24. The number of halogens is 3. The number of allylic oxidation sites excluding steroid dienone is 1. The molecule has 0 radical (unpaired) electrons. The van der Waals surface area contributed by atoms with E-state index in [-0.39, 0.29) is 5.56 Å². The van der Waals surface area contributed by atoms with Crippen LogP contribution >= 0.6 is 0 Å². The Morgan fingerprint density at radius 2 is 2.00 bits per heavy atom. The summed E-state index contributed by atoms with van der Waals surface area (Å²) >= 11 is 0. The van der Waals surface area contributed by atoms with E-state index in [0.717, 1.165) is 0 Å². The van der Waals surface area contributed by atoms with Crippen molar-refractivity contribution in [3.8, 4) is 5.75 Å². The second-order valence-electron chi connectivity index (χ2n) is 4.21. The van der Waals surface area contributed by atoms with Gasteiger partial charge in [-0.05, 0) is 23.6 Å². The Balaban J connectivity index is 2.83. The molecule has 0 aliphatic rings. The molecule has 17 heavy (non-hydrogen) atoms. The first kappa shape index (κ1) is 13.6. The fourth-order valence-electron chi connectivity index (χ4n) is 1.20. The third kappa shape index (κ3) is 4.13. The minimum absolute atomic E-state index is 0.0405. The molecule has 1 rings (SSSR count). The minimum atomic E-state index is -4.41. The van der Waals surface area contributed by atoms with E-state index in [9.17, 15) is 13.2 Å². The largest absolute Gasteiger partial charge is 0.493 e. The van der Waals surface area contributed by atoms with Gasteiger partial charge in [0.1, 0.15) is 5.75 Å². The van der Waals surface area contributed by atoms with E-state index in [4.69, 9.17) is 4.74 Å². The normalized spacial score (nSPS) is 11.6. The molecule has 0 N–H and O–H groups in total. The Bertz CT molecular complexity index is 394. The molecular formula is C13H15F3O. The van der Waals surface area contributed by atoms with Crippen molar-refractivity contribution < 1.29 is 17.9 Å². The van der Waals surface area contributed by atoms with Crippen molar-refractivity contribution in [2.24, 2.45) is 5.92 Å². The van der Waals surface area contributed by atoms with Gasteiger partial charge in [-0.25, -0.2) is 0 Å². The van der Waals surface area contributed by atoms with Crippen LogP contribution in [0, 0.1) is 5.92 Å². The van der Waals surface area contributed by atoms with Crippen molar-refractivity contribution >= 4 is 5.57 Å². The van der Waals surface area contributed by atoms with Crippen LogP contribution in [0.2, 0.25) is 0 Å². The zero-order valence-electron chi connectivity index (χ0n) is 9.84. The number of hydrogen-bond acceptors (Lipinski definition) is 1. The number of rotatable bonds is 4. The molecule has 1 aromatic rings. The molecule has 0 saturated carbocycles. The third-order valence-electron chi connectivity index (χ3n) is 2.11. The van der Waals surface area contributed by atoms with E-state index < -0.39 is 11.7 Å². The molecule has 0 fully saturated rings. The zero-order chi connectivity index (χ0) is 13.1. The molecule has 0 unspecified atom stereocenters. The molecule has 0 atom stereocenters. The molecule has 0 spiro atoms. The van der Waals surface area contributed by atoms with Gasteiger partial charge in [-0.3, -0.25) is 0 Å². The molecule has 0 aliphatic heterocycles. The monoisotopic (exact) mass is 244 g/mol. The SMILES string of the molecule is C=C(c1cccc(OCC(C)C)c1)C(F)(F)F. The highest BCUT2D eigenvalue weighted by atomic mass is 19.4. The lowest BCUT2D eigenvalue weighted by atomic mass is 10.1. The highest BCUT2D eigenvalue weighted by Gasteiger charge is 2.32. The summed E-state index contributed by atoms with van der Waals surface area (Å²) in [7, 11) is 0. The number of alkyl halides is 3. The predicted octanol–water partition coefficient (Wildman–Crippen LogP) is 4.30. The smallest absolute Gasteiger partial charge is 0.416 e. The maximum atomic E-state index is 12.4. The van der Waals surface area contributed by atoms with Crippen LogP contribution < -0.4 is 4.74 Å². The van der Waals surface area contributed by atoms with Gasteiger partial charge < -0.3 is 4.74 Å². The molecule has 94 valence electrons. The van der Waals surface area contributed by atoms with Crippen molar-refractivity contribution in [2.75, 3.05) is 6.61 Å². The van der Waals surface area contributed by atoms with Crippen LogP contribution in [-0.4, -0.2) is 12.8 Å². The van der Waals surface area contributed by atoms with Crippen molar-refractivity contribution in [3.05, 3.63) is 36.4 Å². The second-order valence-corrected chi connectivity index (χ2v) is 4.21. The molecule has 0 aliphatic carbocycles. The van der Waals surface area contributed by atoms with Crippen LogP contribution in [0.4, 0.5) is 13.2 Å². The van der Waals surface area contributed by atoms with Gasteiger partial charge in [-0.2, -0.15) is 13.2 Å². The van der Waals surface area contributed by atoms with Crippen LogP contribution in [-0.2, 0) is 0 Å². The fourth-order valence-corrected chi connectivity index (χ4v) is 1.20. The van der Waals surface area contributed by atoms with Crippen molar-refractivity contribution in [2.45, 2.75) is 20.0 Å². The van der Waals surface area contributed by atoms with E-state index in [1.807, 2.05) is 13.8 Å². The van der Waals surface area contributed by atoms with Crippen LogP contribution in [0.5, 0.6) is 5.75 Å². The topological polar surface area (TPSA) is 9.23 Å². The molecule has 0 bridgehead atoms. The maximum Gasteiger partial charge on any atom is 0.416 e. The minimum Gasteiger partial charge on any atom is -0.493 e. The van der Waals surface area contributed by atoms with Crippen molar-refractivity contribution in [3.63, 3.8) is 0 Å². The average molecular weight is 244 g/mol. The summed E-state index contributed by atoms with van der Waals surface area (Å²) in [6.45, 7) is 7.47. The van der Waals surface area contributed by atoms with Crippen LogP contribution in [0.3, 0.4) is 0 Å². The van der Waals surface area contributed by atoms with Gasteiger partial charge in [0, 0.05) is 0 Å². The van der Waals surface area contributed by atoms with Gasteiger partial charge in [0.25, 0.3) is 0 Å². The van der Waals surface area contributed by atoms with Gasteiger partial charge in [-0.15, -0.1) is 0 Å². The lowest BCUT2D eigenvalue weighted by Gasteiger charge is -2.13. The number of ether oxygens (including phenoxy) is 1. The lowest BCUT2D eigenvalue weighted by Crippen LogP contribution is -2.10. The summed E-state index contributed by atoms with van der Waals surface area (Å²) in [5.74, 6) is 0.756. The summed E-state index contributed by atoms with van der Waals surface area (Å²) in [4.78, 5) is 0. The first-order valence-electron chi connectivity index (χ1n) is 5.30. The summed E-state index contributed by atoms with van der Waals surface area (Å²) in [6, 6.07) is 5.90. The fraction of sp³-hybridized carbons (Fsp3) is 0.385. The first-order valence-corrected chi connectivity index (χ1v) is 5.30. The van der Waals surface area contributed by atoms with Crippen LogP contribution in [0.15, 0.2) is 30.8 Å². The van der Waals surface area contributed by atoms with Crippen molar-refractivity contribution in [1.29, 1.82) is 0 Å². The zero-order valence-corrected chi connectivity index (χ0v) is 9.84. The maximum absolute atomic E-state index is 12.4. The number of hydrogen-bond donors (Lipinski definition) is 0. The Kier molecular flexibility index (Phi) is 4.21. The van der Waals surface area contributed by atoms with E-state index >= 15 is 0 Å². The van der Waals surface area contributed by atoms with Gasteiger partial charge in [0.05, 0.1) is 12.2 Å². The standard InChI is InChI=1S/C13H15F3O/c1-9(2)8-17-12-6-4-5-11(7-12)10(3)13(14,15)16/h4-7,9H,3,8H2,1-2H3. The molecular weight excluding hydrogens is 229 g/mol. The Morgan fingerprint density at radius 1 is 1.35 bits per heavy atom. The quantitative estimate of drug-likeness (QED) is 0.767. The highest BCUT2D eigenvalue weighted by molar-refractivity contribution is 5.68. The summed E-state index contributed by atoms with van der Waals surface area (Å²) < 4.78 is 42.7. The van der Waals surface area contributed by atoms with E-state index in [1.165, 1.54) is 18.2 Å². The van der Waals surface area contributed by atoms with Gasteiger partial charge in [0.2, 0.25) is 0 Å². The Morgan fingerprint density at radius 3 is 2.53 bits per heavy atom. The molecule has 0 aromatic heterocycles. The molecule has 4 heteroatoms. The molecule has 0 saturated heterocycles. The third-order valence-corrected chi connectivity index (χ3v) is 2.11. The summed E-state index contributed by atoms with van der Waals surface area (Å²) in [5.41, 5.74) is -0.814. The molecule has 0 heterocycles. The first-order chi connectivity index (χ1) is 7.80. The van der Waals surface area contributed by atoms with Crippen molar-refractivity contribution in [1.82, 2.24) is 0 Å². The van der Waals surface area contributed by atoms with E-state index in [1.54, 1.807) is 6.07 Å². The number of benzene rings is 1. The van der Waals surface area contributed by atoms with Gasteiger partial charge in [-0.1, -0.05) is 32.6 Å². The highest BCUT2D eigenvalue weighted by Crippen LogP contribution is 2.33. The predicted molar refractivity (Wildman–Crippen MR) is 61.9 cm³/mol. The van der Waals surface area contributed by atoms with Gasteiger partial charge in [0.15, 0.2) is 0 Å². The summed E-state index contributed by atoms with van der Waals surface area (Å²) in [6.07, 6.45) is -4.41. The van der Waals surface area contributed by atoms with Crippen LogP contribution in [0.1, 0.15) is 19.4 Å². The Hall–Kier alpha value is -1.45. The Labute approximate surface area is 98.9 Å². The van der Waals surface area contributed by atoms with E-state index in [0.29, 0.717) is 18.3 Å². The molecule has 1 aromatic carbocycles. The lowest BCUT2D eigenvalue weighted by molar-refractivity contribution is -0.0686. The summed E-state index contributed by atoms with van der Waals surface area (Å²) in [5, 5.41) is 0. The second kappa shape index (κ2) is 5.25. The van der Waals surface area contributed by atoms with E-state index in [2.05, 4.69) is 6.58 Å². The van der Waals surface area contributed by atoms with Crippen LogP contribution in [0.25, 0.3) is 5.57 Å². The molecule has 1 nitrogen and oxygen atoms in total. The molecule has 0 amide bonds. The van der Waals surface area contributed by atoms with Gasteiger partial charge >= 0.3 is 6.18 Å².